The van der Waals surface area contributed by atoms with Crippen LogP contribution in [0.2, 0.25) is 0 Å². The number of aliphatic imine (C=N–C) groups is 1. The SMILES string of the molecule is O=C(NCCN=C1NS(=O)(=O)c2ccccc21)c1cccc(Br)c1. The molecule has 1 amide bonds. The molecule has 2 aromatic carbocycles. The quantitative estimate of drug-likeness (QED) is 0.758. The van der Waals surface area contributed by atoms with Crippen LogP contribution in [0.3, 0.4) is 0 Å². The van der Waals surface area contributed by atoms with Gasteiger partial charge in [-0.2, -0.15) is 0 Å². The Kier molecular flexibility index (Phi) is 4.68. The number of carbonyl (C=O) groups excluding carboxylic acids is 1. The van der Waals surface area contributed by atoms with E-state index in [4.69, 9.17) is 0 Å². The lowest BCUT2D eigenvalue weighted by Crippen LogP contribution is -2.27. The molecule has 124 valence electrons. The van der Waals surface area contributed by atoms with E-state index < -0.39 is 10.0 Å². The molecule has 0 aliphatic carbocycles. The van der Waals surface area contributed by atoms with Gasteiger partial charge in [-0.25, -0.2) is 8.42 Å². The van der Waals surface area contributed by atoms with Crippen molar-refractivity contribution in [2.75, 3.05) is 13.1 Å². The van der Waals surface area contributed by atoms with E-state index in [0.29, 0.717) is 23.5 Å². The fourth-order valence-corrected chi connectivity index (χ4v) is 3.97. The summed E-state index contributed by atoms with van der Waals surface area (Å²) in [4.78, 5) is 16.5. The average Bonchev–Trinajstić information content (AvgIpc) is 2.83. The van der Waals surface area contributed by atoms with E-state index in [1.165, 1.54) is 6.07 Å². The van der Waals surface area contributed by atoms with Gasteiger partial charge in [0, 0.05) is 22.1 Å². The number of amides is 1. The van der Waals surface area contributed by atoms with Crippen LogP contribution in [0.5, 0.6) is 0 Å². The number of sulfonamides is 1. The summed E-state index contributed by atoms with van der Waals surface area (Å²) in [5.41, 5.74) is 1.10. The molecule has 3 rings (SSSR count). The third-order valence-electron chi connectivity index (χ3n) is 3.42. The van der Waals surface area contributed by atoms with E-state index in [9.17, 15) is 13.2 Å². The molecule has 0 fully saturated rings. The van der Waals surface area contributed by atoms with E-state index in [0.717, 1.165) is 4.47 Å². The van der Waals surface area contributed by atoms with Gasteiger partial charge in [0.05, 0.1) is 11.4 Å². The molecule has 1 aliphatic heterocycles. The average molecular weight is 408 g/mol. The maximum absolute atomic E-state index is 12.0. The van der Waals surface area contributed by atoms with Gasteiger partial charge >= 0.3 is 0 Å². The van der Waals surface area contributed by atoms with Crippen molar-refractivity contribution in [3.05, 3.63) is 64.1 Å². The second-order valence-corrected chi connectivity index (χ2v) is 7.66. The third kappa shape index (κ3) is 3.49. The summed E-state index contributed by atoms with van der Waals surface area (Å²) in [6.45, 7) is 0.574. The molecule has 2 N–H and O–H groups in total. The third-order valence-corrected chi connectivity index (χ3v) is 5.31. The first-order chi connectivity index (χ1) is 11.5. The van der Waals surface area contributed by atoms with Gasteiger partial charge in [-0.1, -0.05) is 34.1 Å². The zero-order chi connectivity index (χ0) is 17.2. The molecule has 0 radical (unpaired) electrons. The number of hydrogen-bond acceptors (Lipinski definition) is 4. The zero-order valence-corrected chi connectivity index (χ0v) is 14.9. The summed E-state index contributed by atoms with van der Waals surface area (Å²) in [5, 5.41) is 2.75. The molecule has 0 bridgehead atoms. The largest absolute Gasteiger partial charge is 0.350 e. The van der Waals surface area contributed by atoms with Gasteiger partial charge in [0.1, 0.15) is 5.84 Å². The number of rotatable bonds is 4. The topological polar surface area (TPSA) is 87.6 Å². The second-order valence-electron chi connectivity index (χ2n) is 5.10. The highest BCUT2D eigenvalue weighted by Gasteiger charge is 2.29. The molecule has 8 heteroatoms. The Labute approximate surface area is 148 Å². The number of fused-ring (bicyclic) bond motifs is 1. The minimum atomic E-state index is -3.53. The van der Waals surface area contributed by atoms with E-state index >= 15 is 0 Å². The molecule has 1 heterocycles. The molecular weight excluding hydrogens is 394 g/mol. The Bertz CT molecular complexity index is 926. The summed E-state index contributed by atoms with van der Waals surface area (Å²) >= 11 is 3.32. The maximum Gasteiger partial charge on any atom is 0.263 e. The molecule has 0 unspecified atom stereocenters. The van der Waals surface area contributed by atoms with Crippen molar-refractivity contribution in [2.24, 2.45) is 4.99 Å². The predicted molar refractivity (Wildman–Crippen MR) is 94.6 cm³/mol. The first-order valence-corrected chi connectivity index (χ1v) is 9.45. The Morgan fingerprint density at radius 1 is 1.17 bits per heavy atom. The van der Waals surface area contributed by atoms with Gasteiger partial charge in [0.25, 0.3) is 15.9 Å². The summed E-state index contributed by atoms with van der Waals surface area (Å²) in [6, 6.07) is 13.7. The van der Waals surface area contributed by atoms with Crippen LogP contribution in [-0.4, -0.2) is 33.3 Å². The highest BCUT2D eigenvalue weighted by molar-refractivity contribution is 9.10. The summed E-state index contributed by atoms with van der Waals surface area (Å²) in [5.74, 6) is 0.103. The Balaban J connectivity index is 1.63. The predicted octanol–water partition coefficient (Wildman–Crippen LogP) is 1.92. The number of benzene rings is 2. The Morgan fingerprint density at radius 3 is 2.75 bits per heavy atom. The number of carbonyl (C=O) groups is 1. The normalized spacial score (nSPS) is 16.5. The first kappa shape index (κ1) is 16.7. The van der Waals surface area contributed by atoms with Gasteiger partial charge in [-0.3, -0.25) is 14.5 Å². The maximum atomic E-state index is 12.0. The first-order valence-electron chi connectivity index (χ1n) is 7.18. The second kappa shape index (κ2) is 6.74. The monoisotopic (exact) mass is 407 g/mol. The smallest absolute Gasteiger partial charge is 0.263 e. The summed E-state index contributed by atoms with van der Waals surface area (Å²) in [7, 11) is -3.53. The Morgan fingerprint density at radius 2 is 1.96 bits per heavy atom. The van der Waals surface area contributed by atoms with Crippen LogP contribution < -0.4 is 10.0 Å². The molecular formula is C16H14BrN3O3S. The molecule has 0 aromatic heterocycles. The standard InChI is InChI=1S/C16H14BrN3O3S/c17-12-5-3-4-11(10-12)16(21)19-9-8-18-15-13-6-1-2-7-14(13)24(22,23)20-15/h1-7,10H,8-9H2,(H,18,20)(H,19,21). The van der Waals surface area contributed by atoms with Gasteiger partial charge in [0.15, 0.2) is 0 Å². The van der Waals surface area contributed by atoms with Crippen LogP contribution in [0.25, 0.3) is 0 Å². The fourth-order valence-electron chi connectivity index (χ4n) is 2.32. The van der Waals surface area contributed by atoms with E-state index in [2.05, 4.69) is 31.0 Å². The number of nitrogens with one attached hydrogen (secondary N) is 2. The van der Waals surface area contributed by atoms with Gasteiger partial charge in [0.2, 0.25) is 0 Å². The molecule has 0 spiro atoms. The van der Waals surface area contributed by atoms with E-state index in [1.54, 1.807) is 36.4 Å². The number of nitrogens with zero attached hydrogens (tertiary/aromatic N) is 1. The number of halogens is 1. The van der Waals surface area contributed by atoms with Gasteiger partial charge < -0.3 is 5.32 Å². The minimum Gasteiger partial charge on any atom is -0.350 e. The van der Waals surface area contributed by atoms with Gasteiger partial charge in [-0.15, -0.1) is 0 Å². The van der Waals surface area contributed by atoms with Crippen molar-refractivity contribution in [2.45, 2.75) is 4.90 Å². The zero-order valence-electron chi connectivity index (χ0n) is 12.5. The lowest BCUT2D eigenvalue weighted by molar-refractivity contribution is 0.0954. The molecule has 0 saturated heterocycles. The van der Waals surface area contributed by atoms with E-state index in [-0.39, 0.29) is 17.3 Å². The molecule has 24 heavy (non-hydrogen) atoms. The van der Waals surface area contributed by atoms with Crippen LogP contribution in [-0.2, 0) is 10.0 Å². The lowest BCUT2D eigenvalue weighted by atomic mass is 10.2. The fraction of sp³-hybridized carbons (Fsp3) is 0.125. The number of hydrogen-bond donors (Lipinski definition) is 2. The van der Waals surface area contributed by atoms with Crippen LogP contribution in [0, 0.1) is 0 Å². The van der Waals surface area contributed by atoms with Gasteiger partial charge in [-0.05, 0) is 30.3 Å². The molecule has 0 saturated carbocycles. The van der Waals surface area contributed by atoms with Crippen LogP contribution in [0.1, 0.15) is 15.9 Å². The Hall–Kier alpha value is -2.19. The highest BCUT2D eigenvalue weighted by Crippen LogP contribution is 2.21. The minimum absolute atomic E-state index is 0.205. The lowest BCUT2D eigenvalue weighted by Gasteiger charge is -2.04. The summed E-state index contributed by atoms with van der Waals surface area (Å²) in [6.07, 6.45) is 0. The van der Waals surface area contributed by atoms with Crippen molar-refractivity contribution < 1.29 is 13.2 Å². The van der Waals surface area contributed by atoms with E-state index in [1.807, 2.05) is 6.07 Å². The van der Waals surface area contributed by atoms with Crippen LogP contribution >= 0.6 is 15.9 Å². The van der Waals surface area contributed by atoms with Crippen molar-refractivity contribution >= 4 is 37.7 Å². The molecule has 1 aliphatic rings. The van der Waals surface area contributed by atoms with Crippen LogP contribution in [0.15, 0.2) is 62.9 Å². The number of amidine groups is 1. The highest BCUT2D eigenvalue weighted by atomic mass is 79.9. The van der Waals surface area contributed by atoms with Crippen molar-refractivity contribution in [1.29, 1.82) is 0 Å². The van der Waals surface area contributed by atoms with Crippen molar-refractivity contribution in [1.82, 2.24) is 10.0 Å². The van der Waals surface area contributed by atoms with Crippen LogP contribution in [0.4, 0.5) is 0 Å². The molecule has 6 nitrogen and oxygen atoms in total. The summed E-state index contributed by atoms with van der Waals surface area (Å²) < 4.78 is 27.2. The van der Waals surface area contributed by atoms with Crippen molar-refractivity contribution in [3.63, 3.8) is 0 Å². The molecule has 0 atom stereocenters. The van der Waals surface area contributed by atoms with Crippen molar-refractivity contribution in [3.8, 4) is 0 Å². The molecule has 2 aromatic rings.